The van der Waals surface area contributed by atoms with Crippen molar-refractivity contribution in [2.24, 2.45) is 0 Å². The maximum atomic E-state index is 12.8. The third-order valence-electron chi connectivity index (χ3n) is 5.70. The van der Waals surface area contributed by atoms with Gasteiger partial charge in [0.1, 0.15) is 6.54 Å². The molecule has 8 heteroatoms. The molecular formula is C24H27N5O3. The van der Waals surface area contributed by atoms with E-state index in [1.807, 2.05) is 48.5 Å². The third-order valence-corrected chi connectivity index (χ3v) is 5.70. The van der Waals surface area contributed by atoms with E-state index >= 15 is 0 Å². The number of carbonyl (C=O) groups excluding carboxylic acids is 1. The summed E-state index contributed by atoms with van der Waals surface area (Å²) in [5.74, 6) is -0.315. The average Bonchev–Trinajstić information content (AvgIpc) is 2.81. The first-order chi connectivity index (χ1) is 15.6. The smallest absolute Gasteiger partial charge is 0.331 e. The monoisotopic (exact) mass is 433 g/mol. The standard InChI is InChI=1S/C24H27N5O3/c30-22(26-20-9-13-27(14-10-20)17-21-8-4-5-12-25-21)18-29-23(31)11-15-28(24(29)32)16-19-6-2-1-3-7-19/h1-8,11-12,15,20H,9-10,13-14,16-18H2,(H,26,30). The Morgan fingerprint density at radius 3 is 2.44 bits per heavy atom. The summed E-state index contributed by atoms with van der Waals surface area (Å²) < 4.78 is 2.44. The van der Waals surface area contributed by atoms with Crippen molar-refractivity contribution in [3.63, 3.8) is 0 Å². The van der Waals surface area contributed by atoms with Crippen LogP contribution in [0, 0.1) is 0 Å². The number of rotatable bonds is 7. The van der Waals surface area contributed by atoms with Gasteiger partial charge in [0.15, 0.2) is 0 Å². The molecule has 1 aromatic carbocycles. The summed E-state index contributed by atoms with van der Waals surface area (Å²) >= 11 is 0. The molecule has 0 bridgehead atoms. The predicted molar refractivity (Wildman–Crippen MR) is 121 cm³/mol. The molecule has 1 saturated heterocycles. The van der Waals surface area contributed by atoms with Crippen LogP contribution in [0.5, 0.6) is 0 Å². The first-order valence-electron chi connectivity index (χ1n) is 10.8. The number of nitrogens with zero attached hydrogens (tertiary/aromatic N) is 4. The zero-order chi connectivity index (χ0) is 22.3. The van der Waals surface area contributed by atoms with Crippen molar-refractivity contribution in [3.05, 3.63) is 99.1 Å². The van der Waals surface area contributed by atoms with E-state index in [-0.39, 0.29) is 18.5 Å². The first kappa shape index (κ1) is 21.7. The number of carbonyl (C=O) groups is 1. The van der Waals surface area contributed by atoms with Crippen LogP contribution in [0.15, 0.2) is 76.6 Å². The molecule has 1 aliphatic heterocycles. The largest absolute Gasteiger partial charge is 0.352 e. The van der Waals surface area contributed by atoms with Crippen LogP contribution in [0.4, 0.5) is 0 Å². The van der Waals surface area contributed by atoms with Gasteiger partial charge in [-0.2, -0.15) is 0 Å². The average molecular weight is 434 g/mol. The van der Waals surface area contributed by atoms with Gasteiger partial charge < -0.3 is 5.32 Å². The molecule has 2 aromatic heterocycles. The lowest BCUT2D eigenvalue weighted by atomic mass is 10.0. The molecule has 166 valence electrons. The summed E-state index contributed by atoms with van der Waals surface area (Å²) in [6.45, 7) is 2.58. The highest BCUT2D eigenvalue weighted by atomic mass is 16.2. The van der Waals surface area contributed by atoms with E-state index in [0.29, 0.717) is 6.54 Å². The van der Waals surface area contributed by atoms with Crippen molar-refractivity contribution >= 4 is 5.91 Å². The molecule has 0 spiro atoms. The Hall–Kier alpha value is -3.52. The predicted octanol–water partition coefficient (Wildman–Crippen LogP) is 1.23. The topological polar surface area (TPSA) is 89.2 Å². The molecule has 1 amide bonds. The van der Waals surface area contributed by atoms with Crippen LogP contribution in [0.3, 0.4) is 0 Å². The van der Waals surface area contributed by atoms with Crippen LogP contribution in [-0.2, 0) is 24.4 Å². The van der Waals surface area contributed by atoms with Gasteiger partial charge in [0.25, 0.3) is 5.56 Å². The van der Waals surface area contributed by atoms with Gasteiger partial charge in [-0.1, -0.05) is 36.4 Å². The van der Waals surface area contributed by atoms with E-state index < -0.39 is 11.2 Å². The summed E-state index contributed by atoms with van der Waals surface area (Å²) in [7, 11) is 0. The van der Waals surface area contributed by atoms with Crippen LogP contribution >= 0.6 is 0 Å². The van der Waals surface area contributed by atoms with Gasteiger partial charge in [-0.15, -0.1) is 0 Å². The normalized spacial score (nSPS) is 14.9. The van der Waals surface area contributed by atoms with Crippen molar-refractivity contribution in [2.75, 3.05) is 13.1 Å². The number of benzene rings is 1. The zero-order valence-electron chi connectivity index (χ0n) is 17.9. The molecule has 1 aliphatic rings. The second-order valence-electron chi connectivity index (χ2n) is 8.08. The quantitative estimate of drug-likeness (QED) is 0.606. The maximum absolute atomic E-state index is 12.8. The number of hydrogen-bond donors (Lipinski definition) is 1. The van der Waals surface area contributed by atoms with Crippen molar-refractivity contribution in [3.8, 4) is 0 Å². The SMILES string of the molecule is O=C(Cn1c(=O)ccn(Cc2ccccc2)c1=O)NC1CCN(Cc2ccccn2)CC1. The second kappa shape index (κ2) is 10.2. The van der Waals surface area contributed by atoms with Crippen molar-refractivity contribution in [1.82, 2.24) is 24.3 Å². The Kier molecular flexibility index (Phi) is 6.91. The van der Waals surface area contributed by atoms with E-state index in [1.165, 1.54) is 16.8 Å². The van der Waals surface area contributed by atoms with E-state index in [4.69, 9.17) is 0 Å². The van der Waals surface area contributed by atoms with Crippen LogP contribution < -0.4 is 16.6 Å². The molecule has 1 N–H and O–H groups in total. The summed E-state index contributed by atoms with van der Waals surface area (Å²) in [5.41, 5.74) is 1.02. The summed E-state index contributed by atoms with van der Waals surface area (Å²) in [6.07, 6.45) is 4.91. The fourth-order valence-corrected chi connectivity index (χ4v) is 3.98. The van der Waals surface area contributed by atoms with E-state index in [9.17, 15) is 14.4 Å². The van der Waals surface area contributed by atoms with Gasteiger partial charge in [0, 0.05) is 44.1 Å². The molecule has 0 atom stereocenters. The minimum absolute atomic E-state index is 0.0356. The summed E-state index contributed by atoms with van der Waals surface area (Å²) in [5, 5.41) is 2.99. The Balaban J connectivity index is 1.33. The molecule has 3 aromatic rings. The van der Waals surface area contributed by atoms with E-state index in [1.54, 1.807) is 6.20 Å². The van der Waals surface area contributed by atoms with Crippen LogP contribution in [0.2, 0.25) is 0 Å². The highest BCUT2D eigenvalue weighted by Crippen LogP contribution is 2.13. The Bertz CT molecular complexity index is 1150. The lowest BCUT2D eigenvalue weighted by Gasteiger charge is -2.32. The zero-order valence-corrected chi connectivity index (χ0v) is 17.9. The highest BCUT2D eigenvalue weighted by Gasteiger charge is 2.21. The number of aromatic nitrogens is 3. The summed E-state index contributed by atoms with van der Waals surface area (Å²) in [6, 6.07) is 16.8. The van der Waals surface area contributed by atoms with Gasteiger partial charge in [-0.25, -0.2) is 4.79 Å². The minimum Gasteiger partial charge on any atom is -0.352 e. The summed E-state index contributed by atoms with van der Waals surface area (Å²) in [4.78, 5) is 44.3. The third kappa shape index (κ3) is 5.59. The van der Waals surface area contributed by atoms with Crippen LogP contribution in [-0.4, -0.2) is 44.1 Å². The van der Waals surface area contributed by atoms with E-state index in [0.717, 1.165) is 48.3 Å². The number of amides is 1. The molecule has 4 rings (SSSR count). The number of likely N-dealkylation sites (tertiary alicyclic amines) is 1. The Labute approximate surface area is 186 Å². The first-order valence-corrected chi connectivity index (χ1v) is 10.8. The van der Waals surface area contributed by atoms with Crippen molar-refractivity contribution < 1.29 is 4.79 Å². The molecular weight excluding hydrogens is 406 g/mol. The Morgan fingerprint density at radius 1 is 0.969 bits per heavy atom. The maximum Gasteiger partial charge on any atom is 0.331 e. The van der Waals surface area contributed by atoms with Crippen LogP contribution in [0.25, 0.3) is 0 Å². The minimum atomic E-state index is -0.485. The Morgan fingerprint density at radius 2 is 1.72 bits per heavy atom. The molecule has 0 saturated carbocycles. The number of hydrogen-bond acceptors (Lipinski definition) is 5. The fraction of sp³-hybridized carbons (Fsp3) is 0.333. The van der Waals surface area contributed by atoms with Crippen molar-refractivity contribution in [1.29, 1.82) is 0 Å². The molecule has 3 heterocycles. The molecule has 32 heavy (non-hydrogen) atoms. The molecule has 1 fully saturated rings. The number of nitrogens with one attached hydrogen (secondary N) is 1. The number of pyridine rings is 1. The second-order valence-corrected chi connectivity index (χ2v) is 8.08. The number of piperidine rings is 1. The van der Waals surface area contributed by atoms with Gasteiger partial charge in [0.2, 0.25) is 5.91 Å². The van der Waals surface area contributed by atoms with E-state index in [2.05, 4.69) is 15.2 Å². The lowest BCUT2D eigenvalue weighted by molar-refractivity contribution is -0.122. The lowest BCUT2D eigenvalue weighted by Crippen LogP contribution is -2.48. The van der Waals surface area contributed by atoms with Gasteiger partial charge >= 0.3 is 5.69 Å². The van der Waals surface area contributed by atoms with Gasteiger partial charge in [0.05, 0.1) is 12.2 Å². The molecule has 0 unspecified atom stereocenters. The van der Waals surface area contributed by atoms with Gasteiger partial charge in [-0.05, 0) is 30.5 Å². The van der Waals surface area contributed by atoms with Crippen molar-refractivity contribution in [2.45, 2.75) is 38.5 Å². The fourth-order valence-electron chi connectivity index (χ4n) is 3.98. The molecule has 0 radical (unpaired) electrons. The van der Waals surface area contributed by atoms with Gasteiger partial charge in [-0.3, -0.25) is 28.6 Å². The van der Waals surface area contributed by atoms with Crippen LogP contribution in [0.1, 0.15) is 24.1 Å². The molecule has 8 nitrogen and oxygen atoms in total. The molecule has 0 aliphatic carbocycles. The highest BCUT2D eigenvalue weighted by molar-refractivity contribution is 5.76.